The molecule has 0 bridgehead atoms. The van der Waals surface area contributed by atoms with E-state index in [1.54, 1.807) is 42.5 Å². The molecule has 0 saturated carbocycles. The number of anilines is 1. The largest absolute Gasteiger partial charge is 0.477 e. The topological polar surface area (TPSA) is 106 Å². The van der Waals surface area contributed by atoms with Crippen molar-refractivity contribution < 1.29 is 14.7 Å². The number of hydrogen-bond donors (Lipinski definition) is 3. The van der Waals surface area contributed by atoms with Gasteiger partial charge in [0.15, 0.2) is 0 Å². The standard InChI is InChI=1S/C18H12ClN3O3/c19-11-4-5-15-13(7-11)14(17(22-15)18(24)25)8-16(23)21-12-3-1-2-10(6-12)9-20/h1-7,22H,8H2,(H,21,23)(H,24,25). The van der Waals surface area contributed by atoms with Crippen molar-refractivity contribution in [2.24, 2.45) is 0 Å². The molecule has 2 aromatic carbocycles. The lowest BCUT2D eigenvalue weighted by Crippen LogP contribution is -2.16. The highest BCUT2D eigenvalue weighted by Gasteiger charge is 2.19. The van der Waals surface area contributed by atoms with Gasteiger partial charge >= 0.3 is 5.97 Å². The quantitative estimate of drug-likeness (QED) is 0.666. The first-order valence-corrected chi connectivity index (χ1v) is 7.69. The van der Waals surface area contributed by atoms with E-state index in [1.165, 1.54) is 0 Å². The van der Waals surface area contributed by atoms with Gasteiger partial charge in [-0.25, -0.2) is 4.79 Å². The molecule has 6 nitrogen and oxygen atoms in total. The summed E-state index contributed by atoms with van der Waals surface area (Å²) in [6.45, 7) is 0. The highest BCUT2D eigenvalue weighted by molar-refractivity contribution is 6.31. The summed E-state index contributed by atoms with van der Waals surface area (Å²) in [7, 11) is 0. The maximum absolute atomic E-state index is 12.3. The molecule has 0 unspecified atom stereocenters. The molecule has 0 atom stereocenters. The molecule has 1 aromatic heterocycles. The second-order valence-corrected chi connectivity index (χ2v) is 5.83. The van der Waals surface area contributed by atoms with Gasteiger partial charge in [-0.15, -0.1) is 0 Å². The summed E-state index contributed by atoms with van der Waals surface area (Å²) in [5.41, 5.74) is 1.80. The number of fused-ring (bicyclic) bond motifs is 1. The number of nitrogens with one attached hydrogen (secondary N) is 2. The molecule has 124 valence electrons. The molecule has 1 heterocycles. The highest BCUT2D eigenvalue weighted by Crippen LogP contribution is 2.26. The van der Waals surface area contributed by atoms with Crippen LogP contribution in [-0.4, -0.2) is 22.0 Å². The van der Waals surface area contributed by atoms with Crippen molar-refractivity contribution in [3.8, 4) is 6.07 Å². The normalized spacial score (nSPS) is 10.4. The molecule has 0 spiro atoms. The summed E-state index contributed by atoms with van der Waals surface area (Å²) in [5, 5.41) is 22.0. The fourth-order valence-electron chi connectivity index (χ4n) is 2.62. The first kappa shape index (κ1) is 16.6. The molecule has 0 saturated heterocycles. The van der Waals surface area contributed by atoms with Crippen molar-refractivity contribution >= 4 is 40.1 Å². The monoisotopic (exact) mass is 353 g/mol. The summed E-state index contributed by atoms with van der Waals surface area (Å²) < 4.78 is 0. The number of benzene rings is 2. The number of halogens is 1. The average Bonchev–Trinajstić information content (AvgIpc) is 2.93. The van der Waals surface area contributed by atoms with E-state index in [2.05, 4.69) is 10.3 Å². The van der Waals surface area contributed by atoms with E-state index in [-0.39, 0.29) is 12.1 Å². The second-order valence-electron chi connectivity index (χ2n) is 5.39. The van der Waals surface area contributed by atoms with Crippen LogP contribution in [0.25, 0.3) is 10.9 Å². The number of aromatic nitrogens is 1. The summed E-state index contributed by atoms with van der Waals surface area (Å²) in [5.74, 6) is -1.54. The Kier molecular flexibility index (Phi) is 4.42. The van der Waals surface area contributed by atoms with Gasteiger partial charge in [0.1, 0.15) is 5.69 Å². The van der Waals surface area contributed by atoms with Crippen LogP contribution in [0.15, 0.2) is 42.5 Å². The molecular formula is C18H12ClN3O3. The van der Waals surface area contributed by atoms with E-state index >= 15 is 0 Å². The number of aromatic carboxylic acids is 1. The van der Waals surface area contributed by atoms with Gasteiger partial charge in [-0.05, 0) is 36.4 Å². The smallest absolute Gasteiger partial charge is 0.352 e. The van der Waals surface area contributed by atoms with Crippen molar-refractivity contribution in [2.75, 3.05) is 5.32 Å². The van der Waals surface area contributed by atoms with Crippen LogP contribution in [0.5, 0.6) is 0 Å². The Morgan fingerprint density at radius 2 is 2.04 bits per heavy atom. The maximum atomic E-state index is 12.3. The van der Waals surface area contributed by atoms with Crippen LogP contribution in [0, 0.1) is 11.3 Å². The van der Waals surface area contributed by atoms with Crippen LogP contribution in [0.2, 0.25) is 5.02 Å². The van der Waals surface area contributed by atoms with Gasteiger partial charge in [0.25, 0.3) is 0 Å². The zero-order chi connectivity index (χ0) is 18.0. The minimum Gasteiger partial charge on any atom is -0.477 e. The van der Waals surface area contributed by atoms with Gasteiger partial charge in [0.2, 0.25) is 5.91 Å². The zero-order valence-electron chi connectivity index (χ0n) is 12.8. The Morgan fingerprint density at radius 3 is 2.76 bits per heavy atom. The molecule has 0 aliphatic rings. The van der Waals surface area contributed by atoms with Crippen molar-refractivity contribution in [3.05, 3.63) is 64.3 Å². The Hall–Kier alpha value is -3.30. The van der Waals surface area contributed by atoms with Crippen LogP contribution in [-0.2, 0) is 11.2 Å². The van der Waals surface area contributed by atoms with Gasteiger partial charge in [-0.3, -0.25) is 4.79 Å². The number of amides is 1. The summed E-state index contributed by atoms with van der Waals surface area (Å²) >= 11 is 5.99. The fraction of sp³-hybridized carbons (Fsp3) is 0.0556. The number of carboxylic acids is 1. The summed E-state index contributed by atoms with van der Waals surface area (Å²) in [6, 6.07) is 13.4. The SMILES string of the molecule is N#Cc1cccc(NC(=O)Cc2c(C(=O)O)[nH]c3ccc(Cl)cc23)c1. The van der Waals surface area contributed by atoms with Crippen molar-refractivity contribution in [3.63, 3.8) is 0 Å². The number of hydrogen-bond acceptors (Lipinski definition) is 3. The zero-order valence-corrected chi connectivity index (χ0v) is 13.6. The number of nitriles is 1. The van der Waals surface area contributed by atoms with E-state index in [1.807, 2.05) is 6.07 Å². The number of aromatic amines is 1. The van der Waals surface area contributed by atoms with Gasteiger partial charge in [0, 0.05) is 27.2 Å². The number of nitrogens with zero attached hydrogens (tertiary/aromatic N) is 1. The number of H-pyrrole nitrogens is 1. The molecular weight excluding hydrogens is 342 g/mol. The van der Waals surface area contributed by atoms with Crippen LogP contribution >= 0.6 is 11.6 Å². The van der Waals surface area contributed by atoms with Gasteiger partial charge in [0.05, 0.1) is 18.1 Å². The first-order chi connectivity index (χ1) is 12.0. The molecule has 0 aliphatic heterocycles. The third-order valence-electron chi connectivity index (χ3n) is 3.69. The maximum Gasteiger partial charge on any atom is 0.352 e. The third-order valence-corrected chi connectivity index (χ3v) is 3.93. The number of rotatable bonds is 4. The molecule has 3 rings (SSSR count). The molecule has 1 amide bonds. The van der Waals surface area contributed by atoms with Crippen LogP contribution in [0.4, 0.5) is 5.69 Å². The molecule has 25 heavy (non-hydrogen) atoms. The van der Waals surface area contributed by atoms with E-state index in [0.717, 1.165) is 0 Å². The lowest BCUT2D eigenvalue weighted by atomic mass is 10.1. The third kappa shape index (κ3) is 3.47. The lowest BCUT2D eigenvalue weighted by molar-refractivity contribution is -0.115. The predicted molar refractivity (Wildman–Crippen MR) is 93.8 cm³/mol. The number of carbonyl (C=O) groups is 2. The number of carbonyl (C=O) groups excluding carboxylic acids is 1. The van der Waals surface area contributed by atoms with Gasteiger partial charge in [-0.1, -0.05) is 17.7 Å². The van der Waals surface area contributed by atoms with Gasteiger partial charge < -0.3 is 15.4 Å². The Balaban J connectivity index is 1.92. The van der Waals surface area contributed by atoms with E-state index < -0.39 is 11.9 Å². The Morgan fingerprint density at radius 1 is 1.24 bits per heavy atom. The van der Waals surface area contributed by atoms with Crippen molar-refractivity contribution in [2.45, 2.75) is 6.42 Å². The molecule has 3 N–H and O–H groups in total. The van der Waals surface area contributed by atoms with E-state index in [4.69, 9.17) is 16.9 Å². The first-order valence-electron chi connectivity index (χ1n) is 7.31. The molecule has 7 heteroatoms. The lowest BCUT2D eigenvalue weighted by Gasteiger charge is -2.06. The predicted octanol–water partition coefficient (Wildman–Crippen LogP) is 3.57. The van der Waals surface area contributed by atoms with E-state index in [9.17, 15) is 14.7 Å². The van der Waals surface area contributed by atoms with Crippen molar-refractivity contribution in [1.82, 2.24) is 4.98 Å². The highest BCUT2D eigenvalue weighted by atomic mass is 35.5. The van der Waals surface area contributed by atoms with Crippen LogP contribution in [0.1, 0.15) is 21.6 Å². The fourth-order valence-corrected chi connectivity index (χ4v) is 2.79. The summed E-state index contributed by atoms with van der Waals surface area (Å²) in [4.78, 5) is 26.6. The van der Waals surface area contributed by atoms with Crippen molar-refractivity contribution in [1.29, 1.82) is 5.26 Å². The van der Waals surface area contributed by atoms with Crippen LogP contribution < -0.4 is 5.32 Å². The molecule has 0 aliphatic carbocycles. The Labute approximate surface area is 147 Å². The minimum absolute atomic E-state index is 0.0433. The van der Waals surface area contributed by atoms with Gasteiger partial charge in [-0.2, -0.15) is 5.26 Å². The second kappa shape index (κ2) is 6.67. The number of carboxylic acid groups (broad SMARTS) is 1. The molecule has 0 radical (unpaired) electrons. The molecule has 3 aromatic rings. The minimum atomic E-state index is -1.15. The van der Waals surface area contributed by atoms with Crippen LogP contribution in [0.3, 0.4) is 0 Å². The van der Waals surface area contributed by atoms with E-state index in [0.29, 0.717) is 32.7 Å². The average molecular weight is 354 g/mol. The molecule has 0 fully saturated rings. The Bertz CT molecular complexity index is 1030. The summed E-state index contributed by atoms with van der Waals surface area (Å²) in [6.07, 6.45) is -0.140.